The molecule has 0 aliphatic carbocycles. The van der Waals surface area contributed by atoms with Gasteiger partial charge in [-0.3, -0.25) is 0 Å². The molecule has 2 N–H and O–H groups in total. The standard InChI is InChI=1S/C20H25IO6/c1-11-6-13(9-16(24-2)19(11)26-4)18(23)14(10-22)12-7-15(21)20(27-5)17(8-12)25-3/h6-9,14,18,22-23H,10H2,1-5H3. The summed E-state index contributed by atoms with van der Waals surface area (Å²) >= 11 is 2.14. The van der Waals surface area contributed by atoms with Gasteiger partial charge in [-0.15, -0.1) is 0 Å². The Hall–Kier alpha value is -1.71. The fourth-order valence-electron chi connectivity index (χ4n) is 3.12. The van der Waals surface area contributed by atoms with Gasteiger partial charge in [0, 0.05) is 5.92 Å². The van der Waals surface area contributed by atoms with E-state index < -0.39 is 12.0 Å². The highest BCUT2D eigenvalue weighted by molar-refractivity contribution is 14.1. The van der Waals surface area contributed by atoms with E-state index in [9.17, 15) is 10.2 Å². The van der Waals surface area contributed by atoms with Gasteiger partial charge in [-0.25, -0.2) is 0 Å². The zero-order valence-electron chi connectivity index (χ0n) is 16.1. The normalized spacial score (nSPS) is 13.0. The molecule has 2 atom stereocenters. The molecule has 0 amide bonds. The Morgan fingerprint density at radius 2 is 1.41 bits per heavy atom. The molecular formula is C20H25IO6. The second kappa shape index (κ2) is 9.48. The van der Waals surface area contributed by atoms with E-state index in [1.54, 1.807) is 40.6 Å². The topological polar surface area (TPSA) is 77.4 Å². The van der Waals surface area contributed by atoms with Crippen LogP contribution in [0.1, 0.15) is 28.7 Å². The maximum atomic E-state index is 11.0. The van der Waals surface area contributed by atoms with Crippen molar-refractivity contribution in [2.75, 3.05) is 35.0 Å². The van der Waals surface area contributed by atoms with Crippen molar-refractivity contribution in [1.29, 1.82) is 0 Å². The highest BCUT2D eigenvalue weighted by Crippen LogP contribution is 2.41. The lowest BCUT2D eigenvalue weighted by Crippen LogP contribution is -2.16. The van der Waals surface area contributed by atoms with Crippen molar-refractivity contribution in [1.82, 2.24) is 0 Å². The largest absolute Gasteiger partial charge is 0.493 e. The average molecular weight is 488 g/mol. The van der Waals surface area contributed by atoms with Crippen LogP contribution in [-0.4, -0.2) is 45.3 Å². The first-order valence-electron chi connectivity index (χ1n) is 8.34. The third-order valence-electron chi connectivity index (χ3n) is 4.49. The van der Waals surface area contributed by atoms with Gasteiger partial charge in [-0.05, 0) is 70.5 Å². The molecule has 0 heterocycles. The summed E-state index contributed by atoms with van der Waals surface area (Å²) in [4.78, 5) is 0. The van der Waals surface area contributed by atoms with E-state index in [4.69, 9.17) is 18.9 Å². The number of methoxy groups -OCH3 is 4. The molecule has 0 aromatic heterocycles. The Kier molecular flexibility index (Phi) is 7.58. The smallest absolute Gasteiger partial charge is 0.174 e. The number of aliphatic hydroxyl groups excluding tert-OH is 2. The minimum Gasteiger partial charge on any atom is -0.493 e. The maximum absolute atomic E-state index is 11.0. The molecule has 2 rings (SSSR count). The Morgan fingerprint density at radius 1 is 0.852 bits per heavy atom. The van der Waals surface area contributed by atoms with Crippen LogP contribution in [0, 0.1) is 10.5 Å². The lowest BCUT2D eigenvalue weighted by molar-refractivity contribution is 0.106. The van der Waals surface area contributed by atoms with Crippen LogP contribution in [0.25, 0.3) is 0 Å². The predicted molar refractivity (Wildman–Crippen MR) is 111 cm³/mol. The molecule has 148 valence electrons. The molecule has 0 saturated carbocycles. The van der Waals surface area contributed by atoms with Gasteiger partial charge in [0.2, 0.25) is 0 Å². The molecule has 0 fully saturated rings. The first-order valence-corrected chi connectivity index (χ1v) is 9.42. The number of rotatable bonds is 8. The van der Waals surface area contributed by atoms with Gasteiger partial charge in [0.15, 0.2) is 23.0 Å². The van der Waals surface area contributed by atoms with Crippen LogP contribution >= 0.6 is 22.6 Å². The Morgan fingerprint density at radius 3 is 1.93 bits per heavy atom. The fraction of sp³-hybridized carbons (Fsp3) is 0.400. The van der Waals surface area contributed by atoms with Crippen molar-refractivity contribution >= 4 is 22.6 Å². The van der Waals surface area contributed by atoms with Gasteiger partial charge < -0.3 is 29.2 Å². The van der Waals surface area contributed by atoms with Crippen molar-refractivity contribution < 1.29 is 29.2 Å². The summed E-state index contributed by atoms with van der Waals surface area (Å²) in [6.07, 6.45) is -0.942. The monoisotopic (exact) mass is 488 g/mol. The molecule has 2 aromatic carbocycles. The van der Waals surface area contributed by atoms with Crippen molar-refractivity contribution in [2.24, 2.45) is 0 Å². The van der Waals surface area contributed by atoms with Crippen molar-refractivity contribution in [2.45, 2.75) is 18.9 Å². The summed E-state index contributed by atoms with van der Waals surface area (Å²) in [7, 11) is 6.25. The van der Waals surface area contributed by atoms with E-state index in [2.05, 4.69) is 22.6 Å². The van der Waals surface area contributed by atoms with E-state index in [0.717, 1.165) is 14.7 Å². The molecule has 27 heavy (non-hydrogen) atoms. The van der Waals surface area contributed by atoms with Crippen molar-refractivity contribution in [3.8, 4) is 23.0 Å². The van der Waals surface area contributed by atoms with Gasteiger partial charge in [-0.1, -0.05) is 0 Å². The summed E-state index contributed by atoms with van der Waals surface area (Å²) in [6.45, 7) is 1.64. The summed E-state index contributed by atoms with van der Waals surface area (Å²) in [5, 5.41) is 21.0. The first kappa shape index (κ1) is 21.6. The second-order valence-electron chi connectivity index (χ2n) is 6.05. The van der Waals surface area contributed by atoms with Crippen LogP contribution in [0.2, 0.25) is 0 Å². The first-order chi connectivity index (χ1) is 12.9. The molecule has 0 aliphatic heterocycles. The van der Waals surface area contributed by atoms with Crippen molar-refractivity contribution in [3.63, 3.8) is 0 Å². The molecule has 0 saturated heterocycles. The van der Waals surface area contributed by atoms with Crippen LogP contribution < -0.4 is 18.9 Å². The fourth-order valence-corrected chi connectivity index (χ4v) is 3.97. The van der Waals surface area contributed by atoms with Crippen LogP contribution in [-0.2, 0) is 0 Å². The van der Waals surface area contributed by atoms with Crippen LogP contribution in [0.15, 0.2) is 24.3 Å². The average Bonchev–Trinajstić information content (AvgIpc) is 2.67. The Bertz CT molecular complexity index is 793. The van der Waals surface area contributed by atoms with E-state index in [1.807, 2.05) is 19.1 Å². The van der Waals surface area contributed by atoms with E-state index in [0.29, 0.717) is 28.6 Å². The van der Waals surface area contributed by atoms with E-state index in [-0.39, 0.29) is 6.61 Å². The molecule has 0 radical (unpaired) electrons. The number of ether oxygens (including phenoxy) is 4. The van der Waals surface area contributed by atoms with Gasteiger partial charge in [0.1, 0.15) is 0 Å². The summed E-state index contributed by atoms with van der Waals surface area (Å²) in [5.41, 5.74) is 2.22. The Balaban J connectivity index is 2.49. The highest BCUT2D eigenvalue weighted by atomic mass is 127. The lowest BCUT2D eigenvalue weighted by atomic mass is 9.88. The third kappa shape index (κ3) is 4.41. The van der Waals surface area contributed by atoms with Crippen LogP contribution in [0.4, 0.5) is 0 Å². The molecule has 2 aromatic rings. The van der Waals surface area contributed by atoms with Crippen molar-refractivity contribution in [3.05, 3.63) is 44.5 Å². The summed E-state index contributed by atoms with van der Waals surface area (Å²) in [6, 6.07) is 7.21. The minimum atomic E-state index is -0.942. The maximum Gasteiger partial charge on any atom is 0.174 e. The van der Waals surface area contributed by atoms with Gasteiger partial charge in [0.05, 0.1) is 44.7 Å². The second-order valence-corrected chi connectivity index (χ2v) is 7.21. The van der Waals surface area contributed by atoms with E-state index in [1.165, 1.54) is 0 Å². The number of hydrogen-bond acceptors (Lipinski definition) is 6. The number of aliphatic hydroxyl groups is 2. The Labute approximate surface area is 173 Å². The SMILES string of the molecule is COc1cc(C(O)C(CO)c2cc(I)c(OC)c(OC)c2)cc(C)c1OC. The number of halogens is 1. The lowest BCUT2D eigenvalue weighted by Gasteiger charge is -2.24. The number of benzene rings is 2. The summed E-state index contributed by atoms with van der Waals surface area (Å²) in [5.74, 6) is 1.78. The van der Waals surface area contributed by atoms with Gasteiger partial charge >= 0.3 is 0 Å². The van der Waals surface area contributed by atoms with E-state index >= 15 is 0 Å². The molecule has 2 unspecified atom stereocenters. The molecular weight excluding hydrogens is 463 g/mol. The molecule has 0 bridgehead atoms. The quantitative estimate of drug-likeness (QED) is 0.555. The van der Waals surface area contributed by atoms with Gasteiger partial charge in [0.25, 0.3) is 0 Å². The number of hydrogen-bond donors (Lipinski definition) is 2. The molecule has 0 spiro atoms. The summed E-state index contributed by atoms with van der Waals surface area (Å²) < 4.78 is 22.3. The zero-order valence-corrected chi connectivity index (χ0v) is 18.2. The highest BCUT2D eigenvalue weighted by Gasteiger charge is 2.26. The van der Waals surface area contributed by atoms with Gasteiger partial charge in [-0.2, -0.15) is 0 Å². The molecule has 7 heteroatoms. The molecule has 6 nitrogen and oxygen atoms in total. The third-order valence-corrected chi connectivity index (χ3v) is 5.29. The minimum absolute atomic E-state index is 0.236. The predicted octanol–water partition coefficient (Wildman–Crippen LogP) is 3.44. The van der Waals surface area contributed by atoms with Crippen LogP contribution in [0.5, 0.6) is 23.0 Å². The number of aryl methyl sites for hydroxylation is 1. The zero-order chi connectivity index (χ0) is 20.1. The molecule has 0 aliphatic rings. The van der Waals surface area contributed by atoms with Crippen LogP contribution in [0.3, 0.4) is 0 Å².